The third-order valence-electron chi connectivity index (χ3n) is 5.89. The molecule has 2 aliphatic rings. The molecule has 4 rings (SSSR count). The van der Waals surface area contributed by atoms with Crippen LogP contribution in [0.1, 0.15) is 44.9 Å². The maximum absolute atomic E-state index is 11.2. The van der Waals surface area contributed by atoms with Gasteiger partial charge < -0.3 is 15.0 Å². The van der Waals surface area contributed by atoms with Crippen molar-refractivity contribution in [2.75, 3.05) is 13.1 Å². The standard InChI is InChI=1S/C21H30N4O2/c1-2-9-25-19-6-4-3-5-18(19)23-20(25)12-22-16-10-17(11-16)24(14-21(26)27)13-15-7-8-15/h3-6,15-17,22H,2,7-14H2,1H3,(H,26,27). The number of aryl methyl sites for hydroxylation is 1. The molecule has 0 saturated heterocycles. The first kappa shape index (κ1) is 18.4. The summed E-state index contributed by atoms with van der Waals surface area (Å²) in [6, 6.07) is 9.19. The molecule has 0 spiro atoms. The monoisotopic (exact) mass is 370 g/mol. The van der Waals surface area contributed by atoms with Gasteiger partial charge in [0, 0.05) is 25.2 Å². The van der Waals surface area contributed by atoms with E-state index in [1.54, 1.807) is 0 Å². The van der Waals surface area contributed by atoms with E-state index in [1.165, 1.54) is 18.4 Å². The molecule has 0 bridgehead atoms. The van der Waals surface area contributed by atoms with E-state index in [-0.39, 0.29) is 6.54 Å². The zero-order chi connectivity index (χ0) is 18.8. The van der Waals surface area contributed by atoms with Crippen LogP contribution >= 0.6 is 0 Å². The molecule has 2 N–H and O–H groups in total. The van der Waals surface area contributed by atoms with Gasteiger partial charge in [-0.1, -0.05) is 19.1 Å². The lowest BCUT2D eigenvalue weighted by Gasteiger charge is -2.43. The van der Waals surface area contributed by atoms with Crippen molar-refractivity contribution in [1.29, 1.82) is 0 Å². The van der Waals surface area contributed by atoms with Crippen molar-refractivity contribution in [3.05, 3.63) is 30.1 Å². The van der Waals surface area contributed by atoms with Gasteiger partial charge in [-0.05, 0) is 50.2 Å². The Kier molecular flexibility index (Phi) is 5.45. The number of carboxylic acids is 1. The Morgan fingerprint density at radius 2 is 2.11 bits per heavy atom. The Hall–Kier alpha value is -1.92. The Morgan fingerprint density at radius 1 is 1.33 bits per heavy atom. The molecule has 6 nitrogen and oxygen atoms in total. The number of aliphatic carboxylic acids is 1. The summed E-state index contributed by atoms with van der Waals surface area (Å²) in [6.45, 7) is 5.09. The fourth-order valence-electron chi connectivity index (χ4n) is 4.17. The molecule has 0 unspecified atom stereocenters. The third kappa shape index (κ3) is 4.33. The lowest BCUT2D eigenvalue weighted by molar-refractivity contribution is -0.139. The zero-order valence-corrected chi connectivity index (χ0v) is 16.1. The molecular formula is C21H30N4O2. The van der Waals surface area contributed by atoms with Gasteiger partial charge in [0.2, 0.25) is 0 Å². The second-order valence-corrected chi connectivity index (χ2v) is 8.14. The number of rotatable bonds is 10. The lowest BCUT2D eigenvalue weighted by atomic mass is 9.85. The van der Waals surface area contributed by atoms with E-state index in [2.05, 4.69) is 39.9 Å². The van der Waals surface area contributed by atoms with Crippen LogP contribution in [0, 0.1) is 5.92 Å². The maximum Gasteiger partial charge on any atom is 0.317 e. The van der Waals surface area contributed by atoms with Crippen molar-refractivity contribution < 1.29 is 9.90 Å². The summed E-state index contributed by atoms with van der Waals surface area (Å²) in [7, 11) is 0. The fourth-order valence-corrected chi connectivity index (χ4v) is 4.17. The molecule has 1 aromatic carbocycles. The Morgan fingerprint density at radius 3 is 2.81 bits per heavy atom. The molecule has 146 valence electrons. The number of carboxylic acid groups (broad SMARTS) is 1. The van der Waals surface area contributed by atoms with Crippen molar-refractivity contribution in [2.45, 2.75) is 64.2 Å². The summed E-state index contributed by atoms with van der Waals surface area (Å²) in [5.74, 6) is 1.12. The number of imidazole rings is 1. The average molecular weight is 370 g/mol. The van der Waals surface area contributed by atoms with Crippen molar-refractivity contribution >= 4 is 17.0 Å². The van der Waals surface area contributed by atoms with Crippen LogP contribution in [0.15, 0.2) is 24.3 Å². The molecule has 0 atom stereocenters. The number of aromatic nitrogens is 2. The maximum atomic E-state index is 11.2. The highest BCUT2D eigenvalue weighted by atomic mass is 16.4. The molecule has 0 aliphatic heterocycles. The largest absolute Gasteiger partial charge is 0.480 e. The highest BCUT2D eigenvalue weighted by Crippen LogP contribution is 2.33. The fraction of sp³-hybridized carbons (Fsp3) is 0.619. The molecule has 1 aromatic heterocycles. The number of nitrogens with one attached hydrogen (secondary N) is 1. The number of nitrogens with zero attached hydrogens (tertiary/aromatic N) is 3. The molecule has 27 heavy (non-hydrogen) atoms. The van der Waals surface area contributed by atoms with Gasteiger partial charge in [-0.3, -0.25) is 9.69 Å². The molecular weight excluding hydrogens is 340 g/mol. The van der Waals surface area contributed by atoms with Crippen molar-refractivity contribution in [2.24, 2.45) is 5.92 Å². The van der Waals surface area contributed by atoms with E-state index < -0.39 is 5.97 Å². The normalized spacial score (nSPS) is 22.3. The van der Waals surface area contributed by atoms with Gasteiger partial charge >= 0.3 is 5.97 Å². The number of fused-ring (bicyclic) bond motifs is 1. The van der Waals surface area contributed by atoms with Crippen molar-refractivity contribution in [3.8, 4) is 0 Å². The van der Waals surface area contributed by atoms with E-state index in [9.17, 15) is 9.90 Å². The second kappa shape index (κ2) is 7.98. The Bertz CT molecular complexity index is 793. The highest BCUT2D eigenvalue weighted by molar-refractivity contribution is 5.75. The summed E-state index contributed by atoms with van der Waals surface area (Å²) >= 11 is 0. The summed E-state index contributed by atoms with van der Waals surface area (Å²) in [5, 5.41) is 12.8. The number of para-hydroxylation sites is 2. The van der Waals surface area contributed by atoms with Crippen LogP contribution in [0.25, 0.3) is 11.0 Å². The first-order chi connectivity index (χ1) is 13.1. The first-order valence-corrected chi connectivity index (χ1v) is 10.3. The van der Waals surface area contributed by atoms with Crippen LogP contribution < -0.4 is 5.32 Å². The topological polar surface area (TPSA) is 70.4 Å². The summed E-state index contributed by atoms with van der Waals surface area (Å²) in [6.07, 6.45) is 5.68. The molecule has 2 aliphatic carbocycles. The average Bonchev–Trinajstić information content (AvgIpc) is 3.35. The summed E-state index contributed by atoms with van der Waals surface area (Å²) < 4.78 is 2.32. The van der Waals surface area contributed by atoms with Crippen molar-refractivity contribution in [3.63, 3.8) is 0 Å². The van der Waals surface area contributed by atoms with Crippen LogP contribution in [-0.2, 0) is 17.9 Å². The number of hydrogen-bond acceptors (Lipinski definition) is 4. The summed E-state index contributed by atoms with van der Waals surface area (Å²) in [5.41, 5.74) is 2.27. The third-order valence-corrected chi connectivity index (χ3v) is 5.89. The molecule has 0 amide bonds. The van der Waals surface area contributed by atoms with Gasteiger partial charge in [0.15, 0.2) is 0 Å². The number of benzene rings is 1. The van der Waals surface area contributed by atoms with Gasteiger partial charge in [-0.25, -0.2) is 4.98 Å². The lowest BCUT2D eigenvalue weighted by Crippen LogP contribution is -2.54. The van der Waals surface area contributed by atoms with Gasteiger partial charge in [0.25, 0.3) is 0 Å². The Balaban J connectivity index is 1.33. The van der Waals surface area contributed by atoms with Crippen molar-refractivity contribution in [1.82, 2.24) is 19.8 Å². The van der Waals surface area contributed by atoms with Crippen LogP contribution in [-0.4, -0.2) is 50.7 Å². The first-order valence-electron chi connectivity index (χ1n) is 10.3. The van der Waals surface area contributed by atoms with Crippen LogP contribution in [0.5, 0.6) is 0 Å². The second-order valence-electron chi connectivity index (χ2n) is 8.14. The van der Waals surface area contributed by atoms with Crippen LogP contribution in [0.3, 0.4) is 0 Å². The smallest absolute Gasteiger partial charge is 0.317 e. The SMILES string of the molecule is CCCn1c(CNC2CC(N(CC(=O)O)CC3CC3)C2)nc2ccccc21. The molecule has 0 radical (unpaired) electrons. The van der Waals surface area contributed by atoms with Crippen LogP contribution in [0.2, 0.25) is 0 Å². The summed E-state index contributed by atoms with van der Waals surface area (Å²) in [4.78, 5) is 18.2. The van der Waals surface area contributed by atoms with Gasteiger partial charge in [0.1, 0.15) is 5.82 Å². The molecule has 2 fully saturated rings. The number of carbonyl (C=O) groups is 1. The van der Waals surface area contributed by atoms with E-state index >= 15 is 0 Å². The van der Waals surface area contributed by atoms with E-state index in [4.69, 9.17) is 4.98 Å². The molecule has 2 saturated carbocycles. The zero-order valence-electron chi connectivity index (χ0n) is 16.1. The van der Waals surface area contributed by atoms with Gasteiger partial charge in [-0.2, -0.15) is 0 Å². The van der Waals surface area contributed by atoms with Crippen LogP contribution in [0.4, 0.5) is 0 Å². The quantitative estimate of drug-likeness (QED) is 0.673. The van der Waals surface area contributed by atoms with Gasteiger partial charge in [0.05, 0.1) is 24.1 Å². The van der Waals surface area contributed by atoms with E-state index in [0.29, 0.717) is 12.1 Å². The molecule has 1 heterocycles. The van der Waals surface area contributed by atoms with E-state index in [0.717, 1.165) is 56.2 Å². The van der Waals surface area contributed by atoms with E-state index in [1.807, 2.05) is 6.07 Å². The van der Waals surface area contributed by atoms with Gasteiger partial charge in [-0.15, -0.1) is 0 Å². The predicted molar refractivity (Wildman–Crippen MR) is 106 cm³/mol. The highest BCUT2D eigenvalue weighted by Gasteiger charge is 2.37. The number of hydrogen-bond donors (Lipinski definition) is 2. The predicted octanol–water partition coefficient (Wildman–Crippen LogP) is 2.86. The molecule has 6 heteroatoms. The minimum absolute atomic E-state index is 0.181. The minimum Gasteiger partial charge on any atom is -0.480 e. The molecule has 2 aromatic rings. The minimum atomic E-state index is -0.708. The Labute approximate surface area is 160 Å².